The van der Waals surface area contributed by atoms with E-state index in [2.05, 4.69) is 15.2 Å². The lowest BCUT2D eigenvalue weighted by molar-refractivity contribution is 0.231. The first-order valence-corrected chi connectivity index (χ1v) is 4.64. The van der Waals surface area contributed by atoms with Crippen LogP contribution in [0.1, 0.15) is 19.4 Å². The van der Waals surface area contributed by atoms with Gasteiger partial charge in [0, 0.05) is 17.1 Å². The summed E-state index contributed by atoms with van der Waals surface area (Å²) in [5.74, 6) is 0.666. The van der Waals surface area contributed by atoms with Gasteiger partial charge in [-0.3, -0.25) is 5.10 Å². The van der Waals surface area contributed by atoms with Gasteiger partial charge >= 0.3 is 0 Å². The molecule has 0 radical (unpaired) electrons. The van der Waals surface area contributed by atoms with E-state index in [1.165, 1.54) is 0 Å². The van der Waals surface area contributed by atoms with Crippen molar-refractivity contribution < 1.29 is 4.74 Å². The molecule has 2 aromatic rings. The summed E-state index contributed by atoms with van der Waals surface area (Å²) in [4.78, 5) is 4.31. The highest BCUT2D eigenvalue weighted by Gasteiger charge is 2.07. The molecule has 0 aromatic carbocycles. The van der Waals surface area contributed by atoms with E-state index in [1.54, 1.807) is 0 Å². The van der Waals surface area contributed by atoms with Crippen LogP contribution in [0.3, 0.4) is 0 Å². The largest absolute Gasteiger partial charge is 0.475 e. The van der Waals surface area contributed by atoms with Crippen molar-refractivity contribution in [3.8, 4) is 5.88 Å². The van der Waals surface area contributed by atoms with Gasteiger partial charge in [0.1, 0.15) is 0 Å². The van der Waals surface area contributed by atoms with Crippen molar-refractivity contribution in [2.75, 3.05) is 0 Å². The molecule has 0 saturated carbocycles. The molecule has 0 atom stereocenters. The first kappa shape index (κ1) is 8.99. The molecule has 0 aliphatic carbocycles. The lowest BCUT2D eigenvalue weighted by Crippen LogP contribution is -2.08. The van der Waals surface area contributed by atoms with E-state index in [0.29, 0.717) is 11.5 Å². The zero-order valence-corrected chi connectivity index (χ0v) is 8.53. The van der Waals surface area contributed by atoms with Gasteiger partial charge in [-0.1, -0.05) is 0 Å². The molecule has 0 saturated heterocycles. The number of ether oxygens (including phenoxy) is 1. The monoisotopic (exact) mass is 191 g/mol. The molecule has 0 unspecified atom stereocenters. The number of aromatic amines is 1. The first-order valence-electron chi connectivity index (χ1n) is 4.64. The molecule has 1 N–H and O–H groups in total. The van der Waals surface area contributed by atoms with Crippen LogP contribution in [0.25, 0.3) is 11.0 Å². The number of nitrogens with zero attached hydrogens (tertiary/aromatic N) is 2. The van der Waals surface area contributed by atoms with E-state index < -0.39 is 0 Å². The number of hydrogen-bond acceptors (Lipinski definition) is 3. The summed E-state index contributed by atoms with van der Waals surface area (Å²) in [5, 5.41) is 7.80. The summed E-state index contributed by atoms with van der Waals surface area (Å²) in [7, 11) is 0. The predicted molar refractivity (Wildman–Crippen MR) is 54.4 cm³/mol. The minimum absolute atomic E-state index is 0.137. The summed E-state index contributed by atoms with van der Waals surface area (Å²) in [6.45, 7) is 5.95. The number of fused-ring (bicyclic) bond motifs is 1. The minimum Gasteiger partial charge on any atom is -0.475 e. The van der Waals surface area contributed by atoms with E-state index in [9.17, 15) is 0 Å². The molecule has 0 bridgehead atoms. The van der Waals surface area contributed by atoms with Crippen LogP contribution in [0.2, 0.25) is 0 Å². The molecule has 0 spiro atoms. The number of nitrogens with one attached hydrogen (secondary N) is 1. The van der Waals surface area contributed by atoms with E-state index in [0.717, 1.165) is 10.9 Å². The summed E-state index contributed by atoms with van der Waals surface area (Å²) in [6.07, 6.45) is 1.96. The highest BCUT2D eigenvalue weighted by molar-refractivity contribution is 5.75. The Labute approximate surface area is 82.3 Å². The number of aromatic nitrogens is 3. The number of aryl methyl sites for hydroxylation is 1. The number of pyridine rings is 1. The zero-order valence-electron chi connectivity index (χ0n) is 8.53. The van der Waals surface area contributed by atoms with Crippen LogP contribution in [0.15, 0.2) is 12.3 Å². The van der Waals surface area contributed by atoms with Crippen LogP contribution in [0.5, 0.6) is 5.88 Å². The second-order valence-electron chi connectivity index (χ2n) is 3.58. The molecule has 2 heterocycles. The highest BCUT2D eigenvalue weighted by Crippen LogP contribution is 2.20. The van der Waals surface area contributed by atoms with E-state index in [1.807, 2.05) is 33.0 Å². The Bertz CT molecular complexity index is 448. The van der Waals surface area contributed by atoms with Gasteiger partial charge in [0.15, 0.2) is 5.65 Å². The maximum absolute atomic E-state index is 5.56. The average Bonchev–Trinajstić information content (AvgIpc) is 2.51. The maximum Gasteiger partial charge on any atom is 0.218 e. The topological polar surface area (TPSA) is 50.8 Å². The number of H-pyrrole nitrogens is 1. The van der Waals surface area contributed by atoms with Gasteiger partial charge in [-0.05, 0) is 26.8 Å². The second-order valence-corrected chi connectivity index (χ2v) is 3.58. The molecule has 0 fully saturated rings. The summed E-state index contributed by atoms with van der Waals surface area (Å²) in [6, 6.07) is 2.02. The van der Waals surface area contributed by atoms with E-state index in [-0.39, 0.29) is 6.10 Å². The van der Waals surface area contributed by atoms with Crippen LogP contribution in [-0.4, -0.2) is 21.3 Å². The van der Waals surface area contributed by atoms with Gasteiger partial charge in [0.05, 0.1) is 6.10 Å². The molecule has 0 aliphatic rings. The quantitative estimate of drug-likeness (QED) is 0.790. The number of rotatable bonds is 2. The normalized spacial score (nSPS) is 11.1. The van der Waals surface area contributed by atoms with Crippen molar-refractivity contribution in [2.45, 2.75) is 26.9 Å². The molecule has 4 heteroatoms. The van der Waals surface area contributed by atoms with Gasteiger partial charge in [-0.2, -0.15) is 10.1 Å². The third kappa shape index (κ3) is 1.55. The van der Waals surface area contributed by atoms with E-state index in [4.69, 9.17) is 4.74 Å². The Hall–Kier alpha value is -1.58. The zero-order chi connectivity index (χ0) is 10.1. The van der Waals surface area contributed by atoms with Gasteiger partial charge in [0.2, 0.25) is 5.88 Å². The van der Waals surface area contributed by atoms with Crippen molar-refractivity contribution in [1.82, 2.24) is 15.2 Å². The fourth-order valence-electron chi connectivity index (χ4n) is 1.31. The standard InChI is InChI=1S/C10H13N3O/c1-6(2)14-10-7(3)4-8-5-11-13-9(8)12-10/h4-6H,1-3H3,(H,11,12,13). The smallest absolute Gasteiger partial charge is 0.218 e. The molecule has 4 nitrogen and oxygen atoms in total. The molecule has 2 aromatic heterocycles. The fourth-order valence-corrected chi connectivity index (χ4v) is 1.31. The molecule has 2 rings (SSSR count). The molecular formula is C10H13N3O. The molecule has 0 amide bonds. The summed E-state index contributed by atoms with van der Waals surface area (Å²) in [5.41, 5.74) is 1.74. The van der Waals surface area contributed by atoms with Gasteiger partial charge in [-0.15, -0.1) is 0 Å². The van der Waals surface area contributed by atoms with Crippen LogP contribution in [0.4, 0.5) is 0 Å². The van der Waals surface area contributed by atoms with Crippen molar-refractivity contribution in [1.29, 1.82) is 0 Å². The molecular weight excluding hydrogens is 178 g/mol. The van der Waals surface area contributed by atoms with Gasteiger partial charge in [0.25, 0.3) is 0 Å². The molecule has 0 aliphatic heterocycles. The van der Waals surface area contributed by atoms with Crippen molar-refractivity contribution in [2.24, 2.45) is 0 Å². The van der Waals surface area contributed by atoms with Crippen LogP contribution >= 0.6 is 0 Å². The summed E-state index contributed by atoms with van der Waals surface area (Å²) < 4.78 is 5.56. The Morgan fingerprint density at radius 2 is 2.21 bits per heavy atom. The predicted octanol–water partition coefficient (Wildman–Crippen LogP) is 2.05. The minimum atomic E-state index is 0.137. The highest BCUT2D eigenvalue weighted by atomic mass is 16.5. The lowest BCUT2D eigenvalue weighted by atomic mass is 10.2. The van der Waals surface area contributed by atoms with Crippen molar-refractivity contribution in [3.05, 3.63) is 17.8 Å². The van der Waals surface area contributed by atoms with Crippen molar-refractivity contribution in [3.63, 3.8) is 0 Å². The molecule has 14 heavy (non-hydrogen) atoms. The van der Waals surface area contributed by atoms with Gasteiger partial charge in [-0.25, -0.2) is 0 Å². The lowest BCUT2D eigenvalue weighted by Gasteiger charge is -2.10. The fraction of sp³-hybridized carbons (Fsp3) is 0.400. The van der Waals surface area contributed by atoms with Crippen LogP contribution < -0.4 is 4.74 Å². The Morgan fingerprint density at radius 3 is 2.93 bits per heavy atom. The van der Waals surface area contributed by atoms with Crippen LogP contribution in [0, 0.1) is 6.92 Å². The number of hydrogen-bond donors (Lipinski definition) is 1. The van der Waals surface area contributed by atoms with E-state index >= 15 is 0 Å². The van der Waals surface area contributed by atoms with Crippen LogP contribution in [-0.2, 0) is 0 Å². The second kappa shape index (κ2) is 3.29. The van der Waals surface area contributed by atoms with Crippen molar-refractivity contribution >= 4 is 11.0 Å². The average molecular weight is 191 g/mol. The Balaban J connectivity index is 2.48. The first-order chi connectivity index (χ1) is 6.66. The SMILES string of the molecule is Cc1cc2c[nH]nc2nc1OC(C)C. The maximum atomic E-state index is 5.56. The summed E-state index contributed by atoms with van der Waals surface area (Å²) >= 11 is 0. The molecule has 74 valence electrons. The third-order valence-electron chi connectivity index (χ3n) is 1.91. The Kier molecular flexibility index (Phi) is 2.11. The third-order valence-corrected chi connectivity index (χ3v) is 1.91. The Morgan fingerprint density at radius 1 is 1.43 bits per heavy atom. The van der Waals surface area contributed by atoms with Gasteiger partial charge < -0.3 is 4.74 Å².